The van der Waals surface area contributed by atoms with E-state index < -0.39 is 35.9 Å². The number of likely N-dealkylation sites (tertiary alicyclic amines) is 1. The molecule has 0 radical (unpaired) electrons. The van der Waals surface area contributed by atoms with E-state index in [1.807, 2.05) is 30.3 Å². The van der Waals surface area contributed by atoms with E-state index in [0.29, 0.717) is 5.02 Å². The summed E-state index contributed by atoms with van der Waals surface area (Å²) in [5.41, 5.74) is 7.25. The third-order valence-electron chi connectivity index (χ3n) is 5.23. The molecule has 8 heteroatoms. The maximum atomic E-state index is 13.2. The molecule has 2 aromatic carbocycles. The Labute approximate surface area is 179 Å². The van der Waals surface area contributed by atoms with Gasteiger partial charge in [0.1, 0.15) is 12.1 Å². The van der Waals surface area contributed by atoms with Crippen molar-refractivity contribution in [3.8, 4) is 0 Å². The summed E-state index contributed by atoms with van der Waals surface area (Å²) in [7, 11) is 0. The van der Waals surface area contributed by atoms with E-state index >= 15 is 0 Å². The van der Waals surface area contributed by atoms with Gasteiger partial charge in [-0.25, -0.2) is 4.79 Å². The van der Waals surface area contributed by atoms with Crippen LogP contribution in [0.2, 0.25) is 5.02 Å². The Kier molecular flexibility index (Phi) is 6.74. The third kappa shape index (κ3) is 4.80. The summed E-state index contributed by atoms with van der Waals surface area (Å²) < 4.78 is 0. The number of amides is 2. The summed E-state index contributed by atoms with van der Waals surface area (Å²) in [5.74, 6) is -2.32. The number of benzene rings is 2. The van der Waals surface area contributed by atoms with Gasteiger partial charge in [-0.1, -0.05) is 54.1 Å². The molecule has 4 atom stereocenters. The summed E-state index contributed by atoms with van der Waals surface area (Å²) in [6.45, 7) is 1.78. The molecule has 158 valence electrons. The third-order valence-corrected chi connectivity index (χ3v) is 5.47. The molecule has 3 rings (SSSR count). The molecule has 1 fully saturated rings. The predicted molar refractivity (Wildman–Crippen MR) is 113 cm³/mol. The summed E-state index contributed by atoms with van der Waals surface area (Å²) in [4.78, 5) is 38.7. The molecule has 0 saturated carbocycles. The number of hydrogen-bond acceptors (Lipinski definition) is 4. The smallest absolute Gasteiger partial charge is 0.327 e. The Morgan fingerprint density at radius 2 is 1.90 bits per heavy atom. The van der Waals surface area contributed by atoms with Gasteiger partial charge >= 0.3 is 5.97 Å². The molecule has 2 aromatic rings. The molecule has 0 aliphatic carbocycles. The highest BCUT2D eigenvalue weighted by Crippen LogP contribution is 2.35. The number of carbonyl (C=O) groups excluding carboxylic acids is 2. The highest BCUT2D eigenvalue weighted by Gasteiger charge is 2.49. The molecule has 30 heavy (non-hydrogen) atoms. The first-order valence-electron chi connectivity index (χ1n) is 9.66. The average Bonchev–Trinajstić information content (AvgIpc) is 2.67. The molecule has 1 saturated heterocycles. The van der Waals surface area contributed by atoms with Crippen LogP contribution in [0.4, 0.5) is 0 Å². The zero-order chi connectivity index (χ0) is 21.8. The van der Waals surface area contributed by atoms with Crippen LogP contribution in [0.1, 0.15) is 24.0 Å². The zero-order valence-electron chi connectivity index (χ0n) is 16.5. The van der Waals surface area contributed by atoms with Crippen molar-refractivity contribution in [2.75, 3.05) is 6.54 Å². The molecule has 4 unspecified atom stereocenters. The maximum Gasteiger partial charge on any atom is 0.327 e. The van der Waals surface area contributed by atoms with Gasteiger partial charge in [-0.15, -0.1) is 0 Å². The Hall–Kier alpha value is -2.90. The molecule has 1 aliphatic heterocycles. The summed E-state index contributed by atoms with van der Waals surface area (Å²) in [6, 6.07) is 13.5. The van der Waals surface area contributed by atoms with Gasteiger partial charge in [0.2, 0.25) is 11.8 Å². The fourth-order valence-corrected chi connectivity index (χ4v) is 3.84. The molecule has 0 spiro atoms. The minimum atomic E-state index is -1.08. The molecular weight excluding hydrogens is 406 g/mol. The van der Waals surface area contributed by atoms with Crippen LogP contribution in [0, 0.1) is 0 Å². The van der Waals surface area contributed by atoms with Crippen molar-refractivity contribution in [1.29, 1.82) is 0 Å². The van der Waals surface area contributed by atoms with Gasteiger partial charge in [-0.05, 0) is 30.2 Å². The minimum absolute atomic E-state index is 0.177. The van der Waals surface area contributed by atoms with E-state index in [4.69, 9.17) is 17.3 Å². The average molecular weight is 430 g/mol. The van der Waals surface area contributed by atoms with Crippen molar-refractivity contribution >= 4 is 29.4 Å². The number of carbonyl (C=O) groups is 3. The van der Waals surface area contributed by atoms with E-state index in [-0.39, 0.29) is 18.9 Å². The Morgan fingerprint density at radius 3 is 2.50 bits per heavy atom. The number of nitrogens with two attached hydrogens (primary N) is 1. The van der Waals surface area contributed by atoms with Crippen LogP contribution in [0.5, 0.6) is 0 Å². The monoisotopic (exact) mass is 429 g/mol. The molecule has 1 heterocycles. The first kappa shape index (κ1) is 21.8. The topological polar surface area (TPSA) is 113 Å². The van der Waals surface area contributed by atoms with Crippen molar-refractivity contribution in [2.45, 2.75) is 37.4 Å². The van der Waals surface area contributed by atoms with Gasteiger partial charge < -0.3 is 21.1 Å². The summed E-state index contributed by atoms with van der Waals surface area (Å²) in [5, 5.41) is 12.9. The number of hydrogen-bond donors (Lipinski definition) is 3. The van der Waals surface area contributed by atoms with E-state index in [1.54, 1.807) is 24.3 Å². The second-order valence-electron chi connectivity index (χ2n) is 7.47. The first-order chi connectivity index (χ1) is 14.3. The van der Waals surface area contributed by atoms with E-state index in [9.17, 15) is 19.5 Å². The lowest BCUT2D eigenvalue weighted by Crippen LogP contribution is -2.65. The maximum absolute atomic E-state index is 13.2. The van der Waals surface area contributed by atoms with Crippen molar-refractivity contribution in [3.05, 3.63) is 70.7 Å². The lowest BCUT2D eigenvalue weighted by atomic mass is 9.81. The van der Waals surface area contributed by atoms with Gasteiger partial charge in [0.25, 0.3) is 0 Å². The van der Waals surface area contributed by atoms with Crippen LogP contribution in [-0.4, -0.2) is 52.5 Å². The van der Waals surface area contributed by atoms with Gasteiger partial charge in [0.05, 0.1) is 6.04 Å². The Balaban J connectivity index is 1.82. The molecule has 0 bridgehead atoms. The van der Waals surface area contributed by atoms with Crippen LogP contribution in [0.15, 0.2) is 54.6 Å². The first-order valence-corrected chi connectivity index (χ1v) is 10.0. The molecular formula is C22H24ClN3O4. The van der Waals surface area contributed by atoms with Crippen LogP contribution >= 0.6 is 11.6 Å². The van der Waals surface area contributed by atoms with Crippen LogP contribution in [-0.2, 0) is 20.8 Å². The standard InChI is InChI=1S/C22H24ClN3O4/c1-13(24)20(27)25-18(11-14-6-5-9-16(23)10-14)21(28)26-12-17(19(26)22(29)30)15-7-3-2-4-8-15/h2-10,13,17-19H,11-12,24H2,1H3,(H,25,27)(H,29,30). The normalized spacial score (nSPS) is 20.0. The van der Waals surface area contributed by atoms with E-state index in [2.05, 4.69) is 5.32 Å². The fraction of sp³-hybridized carbons (Fsp3) is 0.318. The SMILES string of the molecule is CC(N)C(=O)NC(Cc1cccc(Cl)c1)C(=O)N1CC(c2ccccc2)C1C(=O)O. The van der Waals surface area contributed by atoms with Gasteiger partial charge in [0, 0.05) is 23.9 Å². The number of nitrogens with zero attached hydrogens (tertiary/aromatic N) is 1. The molecule has 4 N–H and O–H groups in total. The van der Waals surface area contributed by atoms with Crippen LogP contribution in [0.25, 0.3) is 0 Å². The number of carboxylic acids is 1. The summed E-state index contributed by atoms with van der Waals surface area (Å²) in [6.07, 6.45) is 0.177. The minimum Gasteiger partial charge on any atom is -0.480 e. The van der Waals surface area contributed by atoms with Gasteiger partial charge in [0.15, 0.2) is 0 Å². The predicted octanol–water partition coefficient (Wildman–Crippen LogP) is 1.79. The van der Waals surface area contributed by atoms with Crippen molar-refractivity contribution in [3.63, 3.8) is 0 Å². The lowest BCUT2D eigenvalue weighted by Gasteiger charge is -2.47. The molecule has 2 amide bonds. The number of aliphatic carboxylic acids is 1. The second-order valence-corrected chi connectivity index (χ2v) is 7.91. The Morgan fingerprint density at radius 1 is 1.20 bits per heavy atom. The summed E-state index contributed by atoms with van der Waals surface area (Å²) >= 11 is 6.04. The van der Waals surface area contributed by atoms with Gasteiger partial charge in [-0.2, -0.15) is 0 Å². The zero-order valence-corrected chi connectivity index (χ0v) is 17.3. The second kappa shape index (κ2) is 9.28. The molecule has 0 aromatic heterocycles. The Bertz CT molecular complexity index is 935. The number of halogens is 1. The number of nitrogens with one attached hydrogen (secondary N) is 1. The molecule has 1 aliphatic rings. The highest BCUT2D eigenvalue weighted by molar-refractivity contribution is 6.30. The quantitative estimate of drug-likeness (QED) is 0.621. The van der Waals surface area contributed by atoms with Crippen molar-refractivity contribution in [1.82, 2.24) is 10.2 Å². The highest BCUT2D eigenvalue weighted by atomic mass is 35.5. The van der Waals surface area contributed by atoms with Gasteiger partial charge in [-0.3, -0.25) is 9.59 Å². The number of carboxylic acid groups (broad SMARTS) is 1. The van der Waals surface area contributed by atoms with Crippen molar-refractivity contribution < 1.29 is 19.5 Å². The lowest BCUT2D eigenvalue weighted by molar-refractivity contribution is -0.160. The van der Waals surface area contributed by atoms with Crippen LogP contribution < -0.4 is 11.1 Å². The van der Waals surface area contributed by atoms with E-state index in [1.165, 1.54) is 11.8 Å². The number of rotatable bonds is 7. The largest absolute Gasteiger partial charge is 0.480 e. The van der Waals surface area contributed by atoms with Crippen LogP contribution in [0.3, 0.4) is 0 Å². The van der Waals surface area contributed by atoms with Crippen molar-refractivity contribution in [2.24, 2.45) is 5.73 Å². The molecule has 7 nitrogen and oxygen atoms in total. The van der Waals surface area contributed by atoms with E-state index in [0.717, 1.165) is 11.1 Å². The fourth-order valence-electron chi connectivity index (χ4n) is 3.63.